The van der Waals surface area contributed by atoms with Crippen LogP contribution < -0.4 is 0 Å². The zero-order valence-corrected chi connectivity index (χ0v) is 14.3. The van der Waals surface area contributed by atoms with Gasteiger partial charge in [-0.05, 0) is 31.9 Å². The van der Waals surface area contributed by atoms with E-state index in [1.54, 1.807) is 34.2 Å². The van der Waals surface area contributed by atoms with Crippen LogP contribution in [0.4, 0.5) is 0 Å². The van der Waals surface area contributed by atoms with E-state index in [0.717, 1.165) is 12.0 Å². The molecule has 0 unspecified atom stereocenters. The van der Waals surface area contributed by atoms with Crippen molar-refractivity contribution in [3.8, 4) is 0 Å². The number of aromatic nitrogens is 4. The Kier molecular flexibility index (Phi) is 4.36. The number of nitrogens with zero attached hydrogens (tertiary/aromatic N) is 5. The van der Waals surface area contributed by atoms with E-state index in [1.807, 2.05) is 20.8 Å². The standard InChI is InChI=1S/C17H23N5O2/c1-4-13-9-18-7-5-14(13)16(23)21-8-6-17(24,11-21)15-10-22(12(2)3)20-19-15/h5,7,9-10,12,24H,4,6,8,11H2,1-3H3/t17-/m1/s1. The second-order valence-corrected chi connectivity index (χ2v) is 6.57. The molecule has 0 aromatic carbocycles. The summed E-state index contributed by atoms with van der Waals surface area (Å²) >= 11 is 0. The van der Waals surface area contributed by atoms with Crippen LogP contribution >= 0.6 is 0 Å². The smallest absolute Gasteiger partial charge is 0.254 e. The topological polar surface area (TPSA) is 84.1 Å². The zero-order chi connectivity index (χ0) is 17.3. The predicted molar refractivity (Wildman–Crippen MR) is 88.4 cm³/mol. The molecule has 0 saturated carbocycles. The molecule has 0 bridgehead atoms. The molecule has 1 saturated heterocycles. The van der Waals surface area contributed by atoms with Gasteiger partial charge in [0.2, 0.25) is 0 Å². The van der Waals surface area contributed by atoms with Crippen molar-refractivity contribution in [1.82, 2.24) is 24.9 Å². The van der Waals surface area contributed by atoms with E-state index in [-0.39, 0.29) is 18.5 Å². The summed E-state index contributed by atoms with van der Waals surface area (Å²) in [5.41, 5.74) is 0.964. The Morgan fingerprint density at radius 2 is 2.25 bits per heavy atom. The lowest BCUT2D eigenvalue weighted by Gasteiger charge is -2.22. The van der Waals surface area contributed by atoms with E-state index in [0.29, 0.717) is 24.2 Å². The lowest BCUT2D eigenvalue weighted by molar-refractivity contribution is 0.0381. The summed E-state index contributed by atoms with van der Waals surface area (Å²) in [4.78, 5) is 18.6. The number of likely N-dealkylation sites (tertiary alicyclic amines) is 1. The molecule has 0 spiro atoms. The van der Waals surface area contributed by atoms with Gasteiger partial charge in [-0.2, -0.15) is 0 Å². The van der Waals surface area contributed by atoms with E-state index >= 15 is 0 Å². The molecule has 0 radical (unpaired) electrons. The van der Waals surface area contributed by atoms with Crippen LogP contribution in [0.2, 0.25) is 0 Å². The van der Waals surface area contributed by atoms with Gasteiger partial charge in [-0.3, -0.25) is 9.78 Å². The van der Waals surface area contributed by atoms with E-state index in [4.69, 9.17) is 0 Å². The first-order valence-corrected chi connectivity index (χ1v) is 8.31. The fraction of sp³-hybridized carbons (Fsp3) is 0.529. The molecule has 1 fully saturated rings. The number of hydrogen-bond donors (Lipinski definition) is 1. The maximum Gasteiger partial charge on any atom is 0.254 e. The monoisotopic (exact) mass is 329 g/mol. The van der Waals surface area contributed by atoms with Gasteiger partial charge >= 0.3 is 0 Å². The van der Waals surface area contributed by atoms with E-state index in [1.165, 1.54) is 0 Å². The Bertz CT molecular complexity index is 742. The summed E-state index contributed by atoms with van der Waals surface area (Å²) in [6.07, 6.45) is 6.33. The van der Waals surface area contributed by atoms with E-state index in [9.17, 15) is 9.90 Å². The van der Waals surface area contributed by atoms with Crippen molar-refractivity contribution in [1.29, 1.82) is 0 Å². The molecule has 0 aliphatic carbocycles. The number of carbonyl (C=O) groups excluding carboxylic acids is 1. The average Bonchev–Trinajstić information content (AvgIpc) is 3.22. The fourth-order valence-electron chi connectivity index (χ4n) is 3.01. The Balaban J connectivity index is 1.80. The van der Waals surface area contributed by atoms with Crippen molar-refractivity contribution in [3.05, 3.63) is 41.5 Å². The maximum atomic E-state index is 12.8. The molecular weight excluding hydrogens is 306 g/mol. The van der Waals surface area contributed by atoms with Crippen molar-refractivity contribution in [3.63, 3.8) is 0 Å². The highest BCUT2D eigenvalue weighted by molar-refractivity contribution is 5.95. The third-order valence-corrected chi connectivity index (χ3v) is 4.57. The number of aryl methyl sites for hydroxylation is 1. The summed E-state index contributed by atoms with van der Waals surface area (Å²) in [5, 5.41) is 19.1. The number of aliphatic hydroxyl groups is 1. The number of amides is 1. The van der Waals surface area contributed by atoms with Crippen LogP contribution in [-0.2, 0) is 12.0 Å². The number of pyridine rings is 1. The van der Waals surface area contributed by atoms with E-state index in [2.05, 4.69) is 15.3 Å². The minimum absolute atomic E-state index is 0.0681. The largest absolute Gasteiger partial charge is 0.381 e. The maximum absolute atomic E-state index is 12.8. The van der Waals surface area contributed by atoms with Gasteiger partial charge in [-0.25, -0.2) is 4.68 Å². The van der Waals surface area contributed by atoms with Crippen LogP contribution in [0.15, 0.2) is 24.7 Å². The first-order chi connectivity index (χ1) is 11.4. The summed E-state index contributed by atoms with van der Waals surface area (Å²) in [5.74, 6) is -0.0681. The molecule has 1 aliphatic rings. The van der Waals surface area contributed by atoms with Gasteiger partial charge in [0.25, 0.3) is 5.91 Å². The molecule has 24 heavy (non-hydrogen) atoms. The minimum Gasteiger partial charge on any atom is -0.381 e. The molecule has 3 rings (SSSR count). The van der Waals surface area contributed by atoms with Crippen LogP contribution in [0.3, 0.4) is 0 Å². The Morgan fingerprint density at radius 1 is 1.46 bits per heavy atom. The number of carbonyl (C=O) groups is 1. The molecule has 1 amide bonds. The summed E-state index contributed by atoms with van der Waals surface area (Å²) in [7, 11) is 0. The highest BCUT2D eigenvalue weighted by Crippen LogP contribution is 2.32. The molecule has 2 aromatic rings. The zero-order valence-electron chi connectivity index (χ0n) is 14.3. The fourth-order valence-corrected chi connectivity index (χ4v) is 3.01. The molecule has 7 nitrogen and oxygen atoms in total. The quantitative estimate of drug-likeness (QED) is 0.920. The SMILES string of the molecule is CCc1cnccc1C(=O)N1CC[C@](O)(c2cn(C(C)C)nn2)C1. The molecule has 7 heteroatoms. The molecular formula is C17H23N5O2. The second kappa shape index (κ2) is 6.32. The molecule has 128 valence electrons. The predicted octanol–water partition coefficient (Wildman–Crippen LogP) is 1.55. The molecule has 2 aromatic heterocycles. The van der Waals surface area contributed by atoms with Crippen LogP contribution in [0.25, 0.3) is 0 Å². The summed E-state index contributed by atoms with van der Waals surface area (Å²) in [6, 6.07) is 1.92. The number of rotatable bonds is 4. The summed E-state index contributed by atoms with van der Waals surface area (Å²) in [6.45, 7) is 6.73. The van der Waals surface area contributed by atoms with Crippen molar-refractivity contribution in [2.45, 2.75) is 45.3 Å². The van der Waals surface area contributed by atoms with Gasteiger partial charge in [0, 0.05) is 37.0 Å². The van der Waals surface area contributed by atoms with Gasteiger partial charge in [0.1, 0.15) is 11.3 Å². The first kappa shape index (κ1) is 16.6. The molecule has 1 N–H and O–H groups in total. The first-order valence-electron chi connectivity index (χ1n) is 8.31. The minimum atomic E-state index is -1.14. The lowest BCUT2D eigenvalue weighted by atomic mass is 10.00. The highest BCUT2D eigenvalue weighted by Gasteiger charge is 2.42. The van der Waals surface area contributed by atoms with Crippen LogP contribution in [-0.4, -0.2) is 49.0 Å². The van der Waals surface area contributed by atoms with Crippen LogP contribution in [0.5, 0.6) is 0 Å². The van der Waals surface area contributed by atoms with Crippen molar-refractivity contribution >= 4 is 5.91 Å². The Hall–Kier alpha value is -2.28. The van der Waals surface area contributed by atoms with Crippen molar-refractivity contribution in [2.24, 2.45) is 0 Å². The van der Waals surface area contributed by atoms with Crippen molar-refractivity contribution in [2.75, 3.05) is 13.1 Å². The van der Waals surface area contributed by atoms with Crippen molar-refractivity contribution < 1.29 is 9.90 Å². The lowest BCUT2D eigenvalue weighted by Crippen LogP contribution is -2.35. The molecule has 3 heterocycles. The van der Waals surface area contributed by atoms with Gasteiger partial charge in [-0.1, -0.05) is 12.1 Å². The molecule has 1 atom stereocenters. The normalized spacial score (nSPS) is 20.8. The Morgan fingerprint density at radius 3 is 2.92 bits per heavy atom. The van der Waals surface area contributed by atoms with Crippen LogP contribution in [0.1, 0.15) is 54.8 Å². The molecule has 1 aliphatic heterocycles. The van der Waals surface area contributed by atoms with Gasteiger partial charge < -0.3 is 10.0 Å². The average molecular weight is 329 g/mol. The third-order valence-electron chi connectivity index (χ3n) is 4.57. The number of β-amino-alcohol motifs (C(OH)–C–C–N with tert-alkyl or cyclic N) is 1. The van der Waals surface area contributed by atoms with Crippen LogP contribution in [0, 0.1) is 0 Å². The van der Waals surface area contributed by atoms with Gasteiger partial charge in [0.15, 0.2) is 0 Å². The van der Waals surface area contributed by atoms with E-state index < -0.39 is 5.60 Å². The van der Waals surface area contributed by atoms with Gasteiger partial charge in [0.05, 0.1) is 12.7 Å². The Labute approximate surface area is 141 Å². The highest BCUT2D eigenvalue weighted by atomic mass is 16.3. The second-order valence-electron chi connectivity index (χ2n) is 6.57. The summed E-state index contributed by atoms with van der Waals surface area (Å²) < 4.78 is 1.72. The third kappa shape index (κ3) is 2.91. The number of hydrogen-bond acceptors (Lipinski definition) is 5. The van der Waals surface area contributed by atoms with Gasteiger partial charge in [-0.15, -0.1) is 5.10 Å².